The van der Waals surface area contributed by atoms with Crippen LogP contribution in [0.3, 0.4) is 0 Å². The van der Waals surface area contributed by atoms with Crippen LogP contribution in [0, 0.1) is 0 Å². The lowest BCUT2D eigenvalue weighted by atomic mass is 10.4. The molecule has 0 fully saturated rings. The standard InChI is InChI=1S/C11H18N2S/c1-7-9(3)13(8-2)12-10(4)11(5)14-6/h1,5,8H2,2-4,6H3. The summed E-state index contributed by atoms with van der Waals surface area (Å²) in [5.74, 6) is 0. The highest BCUT2D eigenvalue weighted by atomic mass is 32.2. The lowest BCUT2D eigenvalue weighted by Gasteiger charge is -2.17. The number of hydrazone groups is 1. The Morgan fingerprint density at radius 1 is 1.50 bits per heavy atom. The second-order valence-electron chi connectivity index (χ2n) is 2.79. The van der Waals surface area contributed by atoms with E-state index < -0.39 is 0 Å². The molecule has 0 radical (unpaired) electrons. The lowest BCUT2D eigenvalue weighted by molar-refractivity contribution is 0.387. The van der Waals surface area contributed by atoms with Crippen LogP contribution in [0.2, 0.25) is 0 Å². The maximum absolute atomic E-state index is 4.43. The van der Waals surface area contributed by atoms with Gasteiger partial charge in [-0.1, -0.05) is 13.2 Å². The Labute approximate surface area is 91.1 Å². The third-order valence-electron chi connectivity index (χ3n) is 1.86. The SMILES string of the molecule is C=C=C(C)N(CC)N=C(C)C(=C)SC. The van der Waals surface area contributed by atoms with E-state index in [0.717, 1.165) is 22.9 Å². The van der Waals surface area contributed by atoms with Crippen LogP contribution < -0.4 is 0 Å². The summed E-state index contributed by atoms with van der Waals surface area (Å²) < 4.78 is 0. The van der Waals surface area contributed by atoms with Gasteiger partial charge in [0.15, 0.2) is 0 Å². The van der Waals surface area contributed by atoms with Crippen molar-refractivity contribution in [3.05, 3.63) is 29.5 Å². The Morgan fingerprint density at radius 3 is 2.43 bits per heavy atom. The maximum Gasteiger partial charge on any atom is 0.0747 e. The predicted octanol–water partition coefficient (Wildman–Crippen LogP) is 3.25. The van der Waals surface area contributed by atoms with Crippen molar-refractivity contribution in [3.8, 4) is 0 Å². The second kappa shape index (κ2) is 6.52. The van der Waals surface area contributed by atoms with Crippen LogP contribution in [0.4, 0.5) is 0 Å². The van der Waals surface area contributed by atoms with Crippen molar-refractivity contribution in [1.29, 1.82) is 0 Å². The fourth-order valence-corrected chi connectivity index (χ4v) is 1.19. The molecule has 0 saturated heterocycles. The first kappa shape index (κ1) is 13.1. The molecule has 78 valence electrons. The highest BCUT2D eigenvalue weighted by molar-refractivity contribution is 8.03. The number of nitrogens with zero attached hydrogens (tertiary/aromatic N) is 2. The molecular formula is C11H18N2S. The van der Waals surface area contributed by atoms with Gasteiger partial charge in [-0.15, -0.1) is 17.5 Å². The largest absolute Gasteiger partial charge is 0.262 e. The van der Waals surface area contributed by atoms with E-state index in [9.17, 15) is 0 Å². The molecule has 0 aliphatic carbocycles. The summed E-state index contributed by atoms with van der Waals surface area (Å²) >= 11 is 1.61. The quantitative estimate of drug-likeness (QED) is 0.393. The zero-order chi connectivity index (χ0) is 11.1. The fraction of sp³-hybridized carbons (Fsp3) is 0.455. The molecule has 0 aliphatic rings. The molecule has 0 aliphatic heterocycles. The maximum atomic E-state index is 4.43. The summed E-state index contributed by atoms with van der Waals surface area (Å²) in [5, 5.41) is 6.29. The smallest absolute Gasteiger partial charge is 0.0747 e. The molecule has 3 heteroatoms. The molecule has 0 atom stereocenters. The second-order valence-corrected chi connectivity index (χ2v) is 3.69. The molecule has 14 heavy (non-hydrogen) atoms. The minimum Gasteiger partial charge on any atom is -0.262 e. The molecule has 0 bridgehead atoms. The van der Waals surface area contributed by atoms with E-state index in [1.165, 1.54) is 0 Å². The van der Waals surface area contributed by atoms with E-state index in [4.69, 9.17) is 0 Å². The number of rotatable bonds is 5. The molecule has 2 nitrogen and oxygen atoms in total. The third kappa shape index (κ3) is 3.86. The van der Waals surface area contributed by atoms with Gasteiger partial charge in [0.2, 0.25) is 0 Å². The molecule has 0 aromatic heterocycles. The molecule has 0 rings (SSSR count). The van der Waals surface area contributed by atoms with Gasteiger partial charge in [-0.3, -0.25) is 5.01 Å². The van der Waals surface area contributed by atoms with Crippen LogP contribution in [-0.2, 0) is 0 Å². The molecular weight excluding hydrogens is 192 g/mol. The number of thioether (sulfide) groups is 1. The Kier molecular flexibility index (Phi) is 6.09. The number of hydrogen-bond acceptors (Lipinski definition) is 3. The lowest BCUT2D eigenvalue weighted by Crippen LogP contribution is -2.16. The Hall–Kier alpha value is -0.920. The minimum absolute atomic E-state index is 0.813. The van der Waals surface area contributed by atoms with Crippen molar-refractivity contribution in [3.63, 3.8) is 0 Å². The molecule has 0 aromatic rings. The van der Waals surface area contributed by atoms with Crippen LogP contribution in [0.25, 0.3) is 0 Å². The molecule has 0 heterocycles. The van der Waals surface area contributed by atoms with Gasteiger partial charge in [0.25, 0.3) is 0 Å². The van der Waals surface area contributed by atoms with Crippen LogP contribution in [0.1, 0.15) is 20.8 Å². The molecule has 0 aromatic carbocycles. The van der Waals surface area contributed by atoms with Crippen molar-refractivity contribution in [2.45, 2.75) is 20.8 Å². The van der Waals surface area contributed by atoms with Gasteiger partial charge in [-0.25, -0.2) is 0 Å². The molecule has 0 N–H and O–H groups in total. The summed E-state index contributed by atoms with van der Waals surface area (Å²) in [6.07, 6.45) is 1.99. The van der Waals surface area contributed by atoms with E-state index in [-0.39, 0.29) is 0 Å². The zero-order valence-corrected chi connectivity index (χ0v) is 10.2. The van der Waals surface area contributed by atoms with E-state index in [1.807, 2.05) is 32.0 Å². The average molecular weight is 210 g/mol. The molecule has 0 unspecified atom stereocenters. The van der Waals surface area contributed by atoms with E-state index in [1.54, 1.807) is 11.8 Å². The minimum atomic E-state index is 0.813. The summed E-state index contributed by atoms with van der Waals surface area (Å²) in [7, 11) is 0. The number of allylic oxidation sites excluding steroid dienone is 2. The molecule has 0 amide bonds. The first-order valence-electron chi connectivity index (χ1n) is 4.49. The van der Waals surface area contributed by atoms with Gasteiger partial charge in [-0.2, -0.15) is 5.10 Å². The highest BCUT2D eigenvalue weighted by Gasteiger charge is 2.02. The Bertz CT molecular complexity index is 286. The van der Waals surface area contributed by atoms with Gasteiger partial charge in [0.05, 0.1) is 11.4 Å². The summed E-state index contributed by atoms with van der Waals surface area (Å²) in [5.41, 5.74) is 4.70. The van der Waals surface area contributed by atoms with Crippen molar-refractivity contribution in [1.82, 2.24) is 5.01 Å². The third-order valence-corrected chi connectivity index (χ3v) is 2.65. The first-order chi connectivity index (χ1) is 6.56. The van der Waals surface area contributed by atoms with Crippen molar-refractivity contribution in [2.24, 2.45) is 5.10 Å². The van der Waals surface area contributed by atoms with Crippen LogP contribution in [0.15, 0.2) is 34.6 Å². The van der Waals surface area contributed by atoms with Gasteiger partial charge in [0.1, 0.15) is 0 Å². The van der Waals surface area contributed by atoms with E-state index in [2.05, 4.69) is 24.0 Å². The van der Waals surface area contributed by atoms with Crippen LogP contribution >= 0.6 is 11.8 Å². The topological polar surface area (TPSA) is 15.6 Å². The monoisotopic (exact) mass is 210 g/mol. The van der Waals surface area contributed by atoms with Crippen molar-refractivity contribution < 1.29 is 0 Å². The normalized spacial score (nSPS) is 10.7. The molecule has 0 spiro atoms. The van der Waals surface area contributed by atoms with Crippen LogP contribution in [0.5, 0.6) is 0 Å². The van der Waals surface area contributed by atoms with Crippen molar-refractivity contribution in [2.75, 3.05) is 12.8 Å². The molecule has 0 saturated carbocycles. The van der Waals surface area contributed by atoms with Gasteiger partial charge in [0, 0.05) is 11.4 Å². The van der Waals surface area contributed by atoms with Crippen LogP contribution in [-0.4, -0.2) is 23.5 Å². The Morgan fingerprint density at radius 2 is 2.07 bits per heavy atom. The zero-order valence-electron chi connectivity index (χ0n) is 9.42. The summed E-state index contributed by atoms with van der Waals surface area (Å²) in [4.78, 5) is 0.986. The summed E-state index contributed by atoms with van der Waals surface area (Å²) in [6, 6.07) is 0. The highest BCUT2D eigenvalue weighted by Crippen LogP contribution is 2.12. The predicted molar refractivity (Wildman–Crippen MR) is 66.5 cm³/mol. The van der Waals surface area contributed by atoms with Gasteiger partial charge < -0.3 is 0 Å². The first-order valence-corrected chi connectivity index (χ1v) is 5.71. The Balaban J connectivity index is 4.75. The fourth-order valence-electron chi connectivity index (χ4n) is 0.859. The van der Waals surface area contributed by atoms with Gasteiger partial charge in [-0.05, 0) is 27.0 Å². The summed E-state index contributed by atoms with van der Waals surface area (Å²) in [6.45, 7) is 14.3. The van der Waals surface area contributed by atoms with Gasteiger partial charge >= 0.3 is 0 Å². The van der Waals surface area contributed by atoms with Crippen molar-refractivity contribution >= 4 is 17.5 Å². The number of hydrogen-bond donors (Lipinski definition) is 0. The van der Waals surface area contributed by atoms with E-state index >= 15 is 0 Å². The average Bonchev–Trinajstić information content (AvgIpc) is 2.22. The van der Waals surface area contributed by atoms with E-state index in [0.29, 0.717) is 0 Å².